The summed E-state index contributed by atoms with van der Waals surface area (Å²) in [5, 5.41) is 0. The molecular weight excluding hydrogens is 432 g/mol. The van der Waals surface area contributed by atoms with Gasteiger partial charge in [0.05, 0.1) is 5.56 Å². The van der Waals surface area contributed by atoms with E-state index in [9.17, 15) is 17.6 Å². The van der Waals surface area contributed by atoms with E-state index in [1.165, 1.54) is 45.7 Å². The van der Waals surface area contributed by atoms with Crippen LogP contribution >= 0.6 is 11.8 Å². The van der Waals surface area contributed by atoms with Crippen LogP contribution in [0.5, 0.6) is 0 Å². The number of benzene rings is 2. The first-order valence-corrected chi connectivity index (χ1v) is 11.8. The van der Waals surface area contributed by atoms with Gasteiger partial charge >= 0.3 is 6.18 Å². The molecule has 0 spiro atoms. The predicted octanol–water partition coefficient (Wildman–Crippen LogP) is 9.57. The van der Waals surface area contributed by atoms with Gasteiger partial charge in [0.1, 0.15) is 5.82 Å². The molecule has 0 aliphatic carbocycles. The molecule has 32 heavy (non-hydrogen) atoms. The molecule has 0 unspecified atom stereocenters. The van der Waals surface area contributed by atoms with Gasteiger partial charge in [-0.2, -0.15) is 13.2 Å². The van der Waals surface area contributed by atoms with Crippen molar-refractivity contribution in [1.29, 1.82) is 0 Å². The van der Waals surface area contributed by atoms with Crippen molar-refractivity contribution < 1.29 is 17.6 Å². The Bertz CT molecular complexity index is 909. The molecule has 0 atom stereocenters. The fourth-order valence-corrected chi connectivity index (χ4v) is 3.06. The van der Waals surface area contributed by atoms with Crippen LogP contribution in [0.1, 0.15) is 61.1 Å². The number of halogens is 4. The van der Waals surface area contributed by atoms with E-state index in [2.05, 4.69) is 59.9 Å². The van der Waals surface area contributed by atoms with Crippen molar-refractivity contribution >= 4 is 16.7 Å². The quantitative estimate of drug-likeness (QED) is 0.311. The Kier molecular flexibility index (Phi) is 12.7. The summed E-state index contributed by atoms with van der Waals surface area (Å²) in [6.07, 6.45) is -1.96. The van der Waals surface area contributed by atoms with Crippen LogP contribution in [0.3, 0.4) is 0 Å². The van der Waals surface area contributed by atoms with E-state index in [1.54, 1.807) is 6.26 Å². The second kappa shape index (κ2) is 13.5. The summed E-state index contributed by atoms with van der Waals surface area (Å²) in [5.41, 5.74) is 5.93. The Hall–Kier alpha value is -2.01. The average Bonchev–Trinajstić information content (AvgIpc) is 2.72. The van der Waals surface area contributed by atoms with Gasteiger partial charge in [-0.25, -0.2) is 4.39 Å². The van der Waals surface area contributed by atoms with E-state index in [4.69, 9.17) is 0 Å². The van der Waals surface area contributed by atoms with Crippen molar-refractivity contribution in [3.8, 4) is 0 Å². The lowest BCUT2D eigenvalue weighted by atomic mass is 9.92. The largest absolute Gasteiger partial charge is 0.419 e. The zero-order valence-electron chi connectivity index (χ0n) is 20.5. The summed E-state index contributed by atoms with van der Waals surface area (Å²) in [6.45, 7) is 22.7. The first kappa shape index (κ1) is 30.0. The van der Waals surface area contributed by atoms with Crippen molar-refractivity contribution in [2.45, 2.75) is 61.1 Å². The molecule has 0 aliphatic rings. The van der Waals surface area contributed by atoms with E-state index in [1.807, 2.05) is 13.8 Å². The van der Waals surface area contributed by atoms with Crippen LogP contribution in [0.25, 0.3) is 4.91 Å². The van der Waals surface area contributed by atoms with Crippen LogP contribution in [0.15, 0.2) is 49.1 Å². The average molecular weight is 469 g/mol. The second-order valence-electron chi connectivity index (χ2n) is 7.67. The van der Waals surface area contributed by atoms with Crippen LogP contribution in [-0.4, -0.2) is 6.26 Å². The molecule has 0 aromatic heterocycles. The van der Waals surface area contributed by atoms with Gasteiger partial charge in [-0.15, -0.1) is 11.8 Å². The van der Waals surface area contributed by atoms with E-state index in [0.717, 1.165) is 18.6 Å². The van der Waals surface area contributed by atoms with E-state index < -0.39 is 17.6 Å². The number of hydrogen-bond acceptors (Lipinski definition) is 1. The third-order valence-electron chi connectivity index (χ3n) is 5.03. The molecular formula is C27H36F4S. The molecule has 0 saturated carbocycles. The minimum Gasteiger partial charge on any atom is -0.206 e. The predicted molar refractivity (Wildman–Crippen MR) is 134 cm³/mol. The maximum atomic E-state index is 12.9. The van der Waals surface area contributed by atoms with Crippen molar-refractivity contribution in [3.05, 3.63) is 88.3 Å². The minimum absolute atomic E-state index is 0.288. The number of thioether (sulfide) groups is 1. The first-order valence-electron chi connectivity index (χ1n) is 10.6. The summed E-state index contributed by atoms with van der Waals surface area (Å²) in [4.78, 5) is 0.473. The van der Waals surface area contributed by atoms with Gasteiger partial charge in [-0.1, -0.05) is 64.6 Å². The third kappa shape index (κ3) is 9.23. The normalized spacial score (nSPS) is 10.7. The second-order valence-corrected chi connectivity index (χ2v) is 8.57. The molecule has 0 saturated heterocycles. The fraction of sp³-hybridized carbons (Fsp3) is 0.407. The molecule has 0 N–H and O–H groups in total. The van der Waals surface area contributed by atoms with Gasteiger partial charge in [0, 0.05) is 4.91 Å². The molecule has 5 heteroatoms. The molecule has 0 heterocycles. The molecule has 2 aromatic rings. The van der Waals surface area contributed by atoms with Gasteiger partial charge < -0.3 is 0 Å². The van der Waals surface area contributed by atoms with Crippen molar-refractivity contribution in [1.82, 2.24) is 0 Å². The Morgan fingerprint density at radius 3 is 1.94 bits per heavy atom. The Morgan fingerprint density at radius 1 is 0.938 bits per heavy atom. The summed E-state index contributed by atoms with van der Waals surface area (Å²) in [6, 6.07) is 7.44. The lowest BCUT2D eigenvalue weighted by molar-refractivity contribution is -0.140. The van der Waals surface area contributed by atoms with Crippen LogP contribution in [0.2, 0.25) is 0 Å². The zero-order chi connectivity index (χ0) is 25.2. The fourth-order valence-electron chi connectivity index (χ4n) is 2.69. The highest BCUT2D eigenvalue weighted by atomic mass is 32.2. The molecule has 2 rings (SSSR count). The Morgan fingerprint density at radius 2 is 1.47 bits per heavy atom. The van der Waals surface area contributed by atoms with Crippen molar-refractivity contribution in [2.24, 2.45) is 5.92 Å². The van der Waals surface area contributed by atoms with Gasteiger partial charge in [-0.3, -0.25) is 0 Å². The smallest absolute Gasteiger partial charge is 0.206 e. The van der Waals surface area contributed by atoms with Gasteiger partial charge in [-0.05, 0) is 79.3 Å². The molecule has 0 amide bonds. The number of alkyl halides is 3. The lowest BCUT2D eigenvalue weighted by Crippen LogP contribution is -2.08. The van der Waals surface area contributed by atoms with E-state index in [-0.39, 0.29) is 5.56 Å². The number of allylic oxidation sites excluding steroid dienone is 1. The standard InChI is InChI=1S/C15H22.C10H8F4S.C2H6/c1-10(2)11(3)8-15-9-13(5)12(4)7-14(15)6;1-6(15-2)7-3-4-9(11)8(5-7)10(12,13)14;1-2/h7,9-10H,3,8H2,1-2,4-6H3;3-5H,1H2,2H3;1-2H3. The zero-order valence-corrected chi connectivity index (χ0v) is 21.3. The molecule has 0 nitrogen and oxygen atoms in total. The number of aryl methyl sites for hydroxylation is 3. The van der Waals surface area contributed by atoms with Crippen molar-refractivity contribution in [3.63, 3.8) is 0 Å². The Labute approximate surface area is 195 Å². The SMILES string of the molecule is C=C(Cc1cc(C)c(C)cc1C)C(C)C.C=C(SC)c1ccc(F)c(C(F)(F)F)c1.CC. The van der Waals surface area contributed by atoms with Crippen LogP contribution in [0.4, 0.5) is 17.6 Å². The topological polar surface area (TPSA) is 0 Å². The van der Waals surface area contributed by atoms with Crippen molar-refractivity contribution in [2.75, 3.05) is 6.26 Å². The molecule has 0 bridgehead atoms. The van der Waals surface area contributed by atoms with Crippen LogP contribution in [0, 0.1) is 32.5 Å². The van der Waals surface area contributed by atoms with Gasteiger partial charge in [0.15, 0.2) is 0 Å². The molecule has 0 fully saturated rings. The summed E-state index contributed by atoms with van der Waals surface area (Å²) < 4.78 is 49.8. The van der Waals surface area contributed by atoms with E-state index >= 15 is 0 Å². The molecule has 2 aromatic carbocycles. The number of hydrogen-bond donors (Lipinski definition) is 0. The number of rotatable bonds is 5. The van der Waals surface area contributed by atoms with Gasteiger partial charge in [0.25, 0.3) is 0 Å². The highest BCUT2D eigenvalue weighted by molar-refractivity contribution is 8.07. The summed E-state index contributed by atoms with van der Waals surface area (Å²) in [7, 11) is 0. The minimum atomic E-state index is -4.67. The van der Waals surface area contributed by atoms with Crippen LogP contribution < -0.4 is 0 Å². The van der Waals surface area contributed by atoms with Gasteiger partial charge in [0.2, 0.25) is 0 Å². The maximum absolute atomic E-state index is 12.9. The molecule has 0 aliphatic heterocycles. The Balaban J connectivity index is 0.000000557. The summed E-state index contributed by atoms with van der Waals surface area (Å²) >= 11 is 1.22. The maximum Gasteiger partial charge on any atom is 0.419 e. The van der Waals surface area contributed by atoms with E-state index in [0.29, 0.717) is 10.8 Å². The first-order chi connectivity index (χ1) is 14.8. The third-order valence-corrected chi connectivity index (χ3v) is 5.75. The molecule has 0 radical (unpaired) electrons. The monoisotopic (exact) mass is 468 g/mol. The lowest BCUT2D eigenvalue weighted by Gasteiger charge is -2.13. The highest BCUT2D eigenvalue weighted by Crippen LogP contribution is 2.34. The van der Waals surface area contributed by atoms with Crippen LogP contribution in [-0.2, 0) is 12.6 Å². The molecule has 178 valence electrons. The highest BCUT2D eigenvalue weighted by Gasteiger charge is 2.34. The summed E-state index contributed by atoms with van der Waals surface area (Å²) in [5.74, 6) is -0.689.